The number of hydrogen-bond donors (Lipinski definition) is 0. The highest BCUT2D eigenvalue weighted by Gasteiger charge is 2.12. The number of aromatic nitrogens is 2. The number of benzene rings is 1. The first-order valence-electron chi connectivity index (χ1n) is 5.01. The van der Waals surface area contributed by atoms with Crippen LogP contribution >= 0.6 is 11.6 Å². The number of hydrogen-bond acceptors (Lipinski definition) is 3. The van der Waals surface area contributed by atoms with Crippen molar-refractivity contribution in [2.75, 3.05) is 5.88 Å². The standard InChI is InChI=1S/C11H9ClF2N2O/c12-5-4-9-15-16-10(17-9)6-7-2-1-3-8(13)11(7)14/h1-3H,4-6H2. The minimum atomic E-state index is -0.886. The highest BCUT2D eigenvalue weighted by molar-refractivity contribution is 6.17. The van der Waals surface area contributed by atoms with E-state index in [1.165, 1.54) is 12.1 Å². The lowest BCUT2D eigenvalue weighted by Crippen LogP contribution is -1.95. The lowest BCUT2D eigenvalue weighted by Gasteiger charge is -1.99. The summed E-state index contributed by atoms with van der Waals surface area (Å²) < 4.78 is 31.5. The van der Waals surface area contributed by atoms with Crippen molar-refractivity contribution >= 4 is 11.6 Å². The monoisotopic (exact) mass is 258 g/mol. The van der Waals surface area contributed by atoms with E-state index in [0.717, 1.165) is 6.07 Å². The van der Waals surface area contributed by atoms with Crippen molar-refractivity contribution in [2.45, 2.75) is 12.8 Å². The SMILES string of the molecule is Fc1cccc(Cc2nnc(CCCl)o2)c1F. The summed E-state index contributed by atoms with van der Waals surface area (Å²) in [6.45, 7) is 0. The van der Waals surface area contributed by atoms with Gasteiger partial charge in [-0.25, -0.2) is 8.78 Å². The third-order valence-electron chi connectivity index (χ3n) is 2.19. The van der Waals surface area contributed by atoms with Gasteiger partial charge < -0.3 is 4.42 Å². The van der Waals surface area contributed by atoms with Crippen LogP contribution in [-0.2, 0) is 12.8 Å². The summed E-state index contributed by atoms with van der Waals surface area (Å²) in [4.78, 5) is 0. The molecular formula is C11H9ClF2N2O. The highest BCUT2D eigenvalue weighted by atomic mass is 35.5. The first kappa shape index (κ1) is 12.0. The van der Waals surface area contributed by atoms with E-state index >= 15 is 0 Å². The molecule has 17 heavy (non-hydrogen) atoms. The quantitative estimate of drug-likeness (QED) is 0.792. The molecule has 0 N–H and O–H groups in total. The van der Waals surface area contributed by atoms with Gasteiger partial charge in [-0.1, -0.05) is 12.1 Å². The highest BCUT2D eigenvalue weighted by Crippen LogP contribution is 2.15. The van der Waals surface area contributed by atoms with E-state index in [1.807, 2.05) is 0 Å². The van der Waals surface area contributed by atoms with Gasteiger partial charge in [0.15, 0.2) is 11.6 Å². The van der Waals surface area contributed by atoms with E-state index in [1.54, 1.807) is 0 Å². The number of alkyl halides is 1. The Kier molecular flexibility index (Phi) is 3.68. The van der Waals surface area contributed by atoms with Gasteiger partial charge in [-0.15, -0.1) is 21.8 Å². The molecule has 1 aromatic heterocycles. The van der Waals surface area contributed by atoms with Crippen molar-refractivity contribution in [1.82, 2.24) is 10.2 Å². The first-order chi connectivity index (χ1) is 8.20. The fourth-order valence-electron chi connectivity index (χ4n) is 1.39. The molecule has 2 rings (SSSR count). The van der Waals surface area contributed by atoms with Gasteiger partial charge in [0, 0.05) is 17.9 Å². The Balaban J connectivity index is 2.16. The largest absolute Gasteiger partial charge is 0.425 e. The maximum atomic E-state index is 13.4. The molecule has 0 aliphatic rings. The average molecular weight is 259 g/mol. The van der Waals surface area contributed by atoms with Crippen LogP contribution in [0.15, 0.2) is 22.6 Å². The number of rotatable bonds is 4. The zero-order valence-corrected chi connectivity index (χ0v) is 9.55. The molecule has 0 amide bonds. The Morgan fingerprint density at radius 1 is 1.18 bits per heavy atom. The molecule has 6 heteroatoms. The van der Waals surface area contributed by atoms with Crippen LogP contribution in [0.1, 0.15) is 17.3 Å². The molecule has 0 aliphatic heterocycles. The maximum Gasteiger partial charge on any atom is 0.221 e. The molecule has 1 aromatic carbocycles. The first-order valence-corrected chi connectivity index (χ1v) is 5.54. The zero-order chi connectivity index (χ0) is 12.3. The zero-order valence-electron chi connectivity index (χ0n) is 8.79. The molecule has 0 spiro atoms. The third kappa shape index (κ3) is 2.79. The molecule has 0 unspecified atom stereocenters. The summed E-state index contributed by atoms with van der Waals surface area (Å²) in [6.07, 6.45) is 0.527. The van der Waals surface area contributed by atoms with Gasteiger partial charge in [0.1, 0.15) is 0 Å². The van der Waals surface area contributed by atoms with Gasteiger partial charge in [0.2, 0.25) is 11.8 Å². The minimum Gasteiger partial charge on any atom is -0.425 e. The van der Waals surface area contributed by atoms with Crippen molar-refractivity contribution < 1.29 is 13.2 Å². The molecule has 3 nitrogen and oxygen atoms in total. The fourth-order valence-corrected chi connectivity index (χ4v) is 1.55. The average Bonchev–Trinajstić information content (AvgIpc) is 2.73. The number of aryl methyl sites for hydroxylation is 1. The fraction of sp³-hybridized carbons (Fsp3) is 0.273. The second-order valence-corrected chi connectivity index (χ2v) is 3.80. The molecular weight excluding hydrogens is 250 g/mol. The minimum absolute atomic E-state index is 0.0683. The van der Waals surface area contributed by atoms with Crippen LogP contribution < -0.4 is 0 Å². The Hall–Kier alpha value is -1.49. The van der Waals surface area contributed by atoms with Crippen LogP contribution in [-0.4, -0.2) is 16.1 Å². The van der Waals surface area contributed by atoms with Crippen LogP contribution in [0.3, 0.4) is 0 Å². The smallest absolute Gasteiger partial charge is 0.221 e. The van der Waals surface area contributed by atoms with Gasteiger partial charge in [-0.2, -0.15) is 0 Å². The second-order valence-electron chi connectivity index (χ2n) is 3.42. The summed E-state index contributed by atoms with van der Waals surface area (Å²) in [6, 6.07) is 3.97. The topological polar surface area (TPSA) is 38.9 Å². The van der Waals surface area contributed by atoms with Gasteiger partial charge in [0.25, 0.3) is 0 Å². The Bertz CT molecular complexity index is 516. The van der Waals surface area contributed by atoms with Gasteiger partial charge in [0.05, 0.1) is 6.42 Å². The van der Waals surface area contributed by atoms with Crippen molar-refractivity contribution in [3.63, 3.8) is 0 Å². The normalized spacial score (nSPS) is 10.8. The van der Waals surface area contributed by atoms with Crippen LogP contribution in [0.2, 0.25) is 0 Å². The lowest BCUT2D eigenvalue weighted by atomic mass is 10.1. The number of halogens is 3. The predicted molar refractivity (Wildman–Crippen MR) is 57.9 cm³/mol. The maximum absolute atomic E-state index is 13.4. The van der Waals surface area contributed by atoms with Crippen LogP contribution in [0.5, 0.6) is 0 Å². The summed E-state index contributed by atoms with van der Waals surface area (Å²) in [7, 11) is 0. The summed E-state index contributed by atoms with van der Waals surface area (Å²) in [5.41, 5.74) is 0.186. The van der Waals surface area contributed by atoms with Crippen molar-refractivity contribution in [1.29, 1.82) is 0 Å². The van der Waals surface area contributed by atoms with Gasteiger partial charge in [-0.3, -0.25) is 0 Å². The molecule has 0 saturated carbocycles. The van der Waals surface area contributed by atoms with Crippen LogP contribution in [0.4, 0.5) is 8.78 Å². The predicted octanol–water partition coefficient (Wildman–Crippen LogP) is 2.72. The van der Waals surface area contributed by atoms with Gasteiger partial charge >= 0.3 is 0 Å². The van der Waals surface area contributed by atoms with Crippen LogP contribution in [0, 0.1) is 11.6 Å². The molecule has 90 valence electrons. The molecule has 0 saturated heterocycles. The lowest BCUT2D eigenvalue weighted by molar-refractivity contribution is 0.454. The molecule has 0 fully saturated rings. The van der Waals surface area contributed by atoms with Crippen LogP contribution in [0.25, 0.3) is 0 Å². The van der Waals surface area contributed by atoms with E-state index in [0.29, 0.717) is 18.2 Å². The van der Waals surface area contributed by atoms with Crippen molar-refractivity contribution in [2.24, 2.45) is 0 Å². The molecule has 2 aromatic rings. The summed E-state index contributed by atoms with van der Waals surface area (Å²) in [5, 5.41) is 7.47. The summed E-state index contributed by atoms with van der Waals surface area (Å²) >= 11 is 5.51. The number of nitrogens with zero attached hydrogens (tertiary/aromatic N) is 2. The Morgan fingerprint density at radius 2 is 1.94 bits per heavy atom. The Morgan fingerprint density at radius 3 is 2.71 bits per heavy atom. The Labute approximate surface area is 101 Å². The van der Waals surface area contributed by atoms with E-state index in [4.69, 9.17) is 16.0 Å². The van der Waals surface area contributed by atoms with E-state index in [-0.39, 0.29) is 17.9 Å². The van der Waals surface area contributed by atoms with Crippen molar-refractivity contribution in [3.05, 3.63) is 47.2 Å². The molecule has 0 bridgehead atoms. The molecule has 1 heterocycles. The van der Waals surface area contributed by atoms with Crippen molar-refractivity contribution in [3.8, 4) is 0 Å². The molecule has 0 atom stereocenters. The van der Waals surface area contributed by atoms with E-state index < -0.39 is 11.6 Å². The molecule has 0 aliphatic carbocycles. The van der Waals surface area contributed by atoms with E-state index in [9.17, 15) is 8.78 Å². The second kappa shape index (κ2) is 5.23. The summed E-state index contributed by atoms with van der Waals surface area (Å²) in [5.74, 6) is -0.760. The van der Waals surface area contributed by atoms with E-state index in [2.05, 4.69) is 10.2 Å². The van der Waals surface area contributed by atoms with Gasteiger partial charge in [-0.05, 0) is 6.07 Å². The third-order valence-corrected chi connectivity index (χ3v) is 2.38. The molecule has 0 radical (unpaired) electrons.